The fourth-order valence-corrected chi connectivity index (χ4v) is 1.65. The number of anilines is 1. The standard InChI is InChI=1S/C9H15N5O/c1-13-7(6-12-9(13)10)8(15)14-4-2-11-3-5-14/h6,11H,2-5H2,1H3,(H2,10,12). The number of piperazine rings is 1. The van der Waals surface area contributed by atoms with Crippen LogP contribution in [0.15, 0.2) is 6.20 Å². The van der Waals surface area contributed by atoms with Gasteiger partial charge in [-0.2, -0.15) is 0 Å². The topological polar surface area (TPSA) is 76.2 Å². The summed E-state index contributed by atoms with van der Waals surface area (Å²) < 4.78 is 1.62. The number of amides is 1. The molecule has 1 aromatic rings. The van der Waals surface area contributed by atoms with Crippen LogP contribution in [0.4, 0.5) is 5.95 Å². The molecule has 3 N–H and O–H groups in total. The van der Waals surface area contributed by atoms with E-state index in [4.69, 9.17) is 5.73 Å². The molecule has 0 spiro atoms. The molecular weight excluding hydrogens is 194 g/mol. The Labute approximate surface area is 88.1 Å². The van der Waals surface area contributed by atoms with Crippen molar-refractivity contribution in [3.8, 4) is 0 Å². The summed E-state index contributed by atoms with van der Waals surface area (Å²) in [4.78, 5) is 17.7. The minimum absolute atomic E-state index is 0.00296. The lowest BCUT2D eigenvalue weighted by Crippen LogP contribution is -2.46. The van der Waals surface area contributed by atoms with Gasteiger partial charge >= 0.3 is 0 Å². The van der Waals surface area contributed by atoms with E-state index in [9.17, 15) is 4.79 Å². The Morgan fingerprint density at radius 3 is 2.73 bits per heavy atom. The molecule has 1 aliphatic rings. The molecule has 0 radical (unpaired) electrons. The van der Waals surface area contributed by atoms with E-state index in [0.717, 1.165) is 26.2 Å². The van der Waals surface area contributed by atoms with Gasteiger partial charge in [0.15, 0.2) is 5.95 Å². The maximum atomic E-state index is 12.0. The molecule has 1 saturated heterocycles. The van der Waals surface area contributed by atoms with Gasteiger partial charge in [0.05, 0.1) is 6.20 Å². The van der Waals surface area contributed by atoms with Gasteiger partial charge in [0.1, 0.15) is 5.69 Å². The Morgan fingerprint density at radius 2 is 2.20 bits per heavy atom. The Bertz CT molecular complexity index is 367. The Kier molecular flexibility index (Phi) is 2.59. The molecule has 82 valence electrons. The van der Waals surface area contributed by atoms with E-state index in [1.807, 2.05) is 4.90 Å². The number of hydrogen-bond donors (Lipinski definition) is 2. The first-order valence-electron chi connectivity index (χ1n) is 4.97. The van der Waals surface area contributed by atoms with Gasteiger partial charge in [-0.15, -0.1) is 0 Å². The predicted molar refractivity (Wildman–Crippen MR) is 56.4 cm³/mol. The third-order valence-electron chi connectivity index (χ3n) is 2.65. The average Bonchev–Trinajstić information content (AvgIpc) is 2.60. The van der Waals surface area contributed by atoms with Crippen LogP contribution in [0.3, 0.4) is 0 Å². The van der Waals surface area contributed by atoms with Gasteiger partial charge < -0.3 is 20.5 Å². The van der Waals surface area contributed by atoms with E-state index in [1.54, 1.807) is 11.6 Å². The van der Waals surface area contributed by atoms with Gasteiger partial charge in [-0.25, -0.2) is 4.98 Å². The minimum Gasteiger partial charge on any atom is -0.369 e. The van der Waals surface area contributed by atoms with E-state index >= 15 is 0 Å². The van der Waals surface area contributed by atoms with Crippen molar-refractivity contribution in [2.45, 2.75) is 0 Å². The second kappa shape index (κ2) is 3.90. The monoisotopic (exact) mass is 209 g/mol. The number of nitrogens with zero attached hydrogens (tertiary/aromatic N) is 3. The zero-order chi connectivity index (χ0) is 10.8. The summed E-state index contributed by atoms with van der Waals surface area (Å²) in [5.74, 6) is 0.372. The van der Waals surface area contributed by atoms with Crippen molar-refractivity contribution in [3.63, 3.8) is 0 Å². The third kappa shape index (κ3) is 1.80. The number of aromatic nitrogens is 2. The molecule has 0 aromatic carbocycles. The summed E-state index contributed by atoms with van der Waals surface area (Å²) in [6, 6.07) is 0. The summed E-state index contributed by atoms with van der Waals surface area (Å²) in [7, 11) is 1.75. The van der Waals surface area contributed by atoms with Gasteiger partial charge in [0.25, 0.3) is 5.91 Å². The number of carbonyl (C=O) groups is 1. The van der Waals surface area contributed by atoms with Crippen LogP contribution in [0.2, 0.25) is 0 Å². The number of hydrogen-bond acceptors (Lipinski definition) is 4. The van der Waals surface area contributed by atoms with Crippen LogP contribution in [0.5, 0.6) is 0 Å². The molecule has 1 aliphatic heterocycles. The fourth-order valence-electron chi connectivity index (χ4n) is 1.65. The van der Waals surface area contributed by atoms with E-state index < -0.39 is 0 Å². The Hall–Kier alpha value is -1.56. The van der Waals surface area contributed by atoms with Crippen LogP contribution in [0, 0.1) is 0 Å². The zero-order valence-electron chi connectivity index (χ0n) is 8.73. The molecule has 0 atom stereocenters. The first-order chi connectivity index (χ1) is 7.20. The SMILES string of the molecule is Cn1c(C(=O)N2CCNCC2)cnc1N. The van der Waals surface area contributed by atoms with Crippen LogP contribution in [-0.4, -0.2) is 46.5 Å². The number of rotatable bonds is 1. The van der Waals surface area contributed by atoms with Crippen LogP contribution in [0.1, 0.15) is 10.5 Å². The maximum Gasteiger partial charge on any atom is 0.272 e. The third-order valence-corrected chi connectivity index (χ3v) is 2.65. The summed E-state index contributed by atoms with van der Waals surface area (Å²) in [5.41, 5.74) is 6.13. The van der Waals surface area contributed by atoms with Crippen molar-refractivity contribution >= 4 is 11.9 Å². The van der Waals surface area contributed by atoms with Crippen LogP contribution < -0.4 is 11.1 Å². The Morgan fingerprint density at radius 1 is 1.53 bits per heavy atom. The van der Waals surface area contributed by atoms with Crippen LogP contribution in [-0.2, 0) is 7.05 Å². The predicted octanol–water partition coefficient (Wildman–Crippen LogP) is -0.952. The molecule has 1 amide bonds. The van der Waals surface area contributed by atoms with Crippen molar-refractivity contribution in [3.05, 3.63) is 11.9 Å². The Balaban J connectivity index is 2.16. The highest BCUT2D eigenvalue weighted by Crippen LogP contribution is 2.08. The van der Waals surface area contributed by atoms with Gasteiger partial charge in [-0.05, 0) is 0 Å². The van der Waals surface area contributed by atoms with Crippen molar-refractivity contribution in [2.24, 2.45) is 7.05 Å². The lowest BCUT2D eigenvalue weighted by molar-refractivity contribution is 0.0726. The highest BCUT2D eigenvalue weighted by Gasteiger charge is 2.21. The highest BCUT2D eigenvalue weighted by atomic mass is 16.2. The molecule has 0 unspecified atom stereocenters. The van der Waals surface area contributed by atoms with Crippen LogP contribution >= 0.6 is 0 Å². The van der Waals surface area contributed by atoms with E-state index in [-0.39, 0.29) is 5.91 Å². The molecule has 2 rings (SSSR count). The molecule has 0 bridgehead atoms. The number of nitrogens with one attached hydrogen (secondary N) is 1. The van der Waals surface area contributed by atoms with Gasteiger partial charge in [0, 0.05) is 33.2 Å². The van der Waals surface area contributed by atoms with Crippen LogP contribution in [0.25, 0.3) is 0 Å². The largest absolute Gasteiger partial charge is 0.369 e. The van der Waals surface area contributed by atoms with E-state index in [1.165, 1.54) is 6.20 Å². The number of carbonyl (C=O) groups excluding carboxylic acids is 1. The highest BCUT2D eigenvalue weighted by molar-refractivity contribution is 5.93. The van der Waals surface area contributed by atoms with Gasteiger partial charge in [0.2, 0.25) is 0 Å². The summed E-state index contributed by atoms with van der Waals surface area (Å²) in [6.45, 7) is 3.17. The molecule has 1 aromatic heterocycles. The molecule has 0 aliphatic carbocycles. The smallest absolute Gasteiger partial charge is 0.272 e. The van der Waals surface area contributed by atoms with Crippen molar-refractivity contribution in [1.82, 2.24) is 19.8 Å². The van der Waals surface area contributed by atoms with Gasteiger partial charge in [-0.3, -0.25) is 4.79 Å². The van der Waals surface area contributed by atoms with E-state index in [0.29, 0.717) is 11.6 Å². The molecule has 6 heteroatoms. The van der Waals surface area contributed by atoms with Crippen molar-refractivity contribution < 1.29 is 4.79 Å². The van der Waals surface area contributed by atoms with Gasteiger partial charge in [-0.1, -0.05) is 0 Å². The minimum atomic E-state index is 0.00296. The second-order valence-corrected chi connectivity index (χ2v) is 3.60. The quantitative estimate of drug-likeness (QED) is 0.625. The molecule has 15 heavy (non-hydrogen) atoms. The summed E-state index contributed by atoms with van der Waals surface area (Å²) >= 11 is 0. The second-order valence-electron chi connectivity index (χ2n) is 3.60. The fraction of sp³-hybridized carbons (Fsp3) is 0.556. The first-order valence-corrected chi connectivity index (χ1v) is 4.97. The molecular formula is C9H15N5O. The lowest BCUT2D eigenvalue weighted by Gasteiger charge is -2.27. The normalized spacial score (nSPS) is 16.7. The first kappa shape index (κ1) is 9.97. The number of imidazole rings is 1. The lowest BCUT2D eigenvalue weighted by atomic mass is 10.3. The van der Waals surface area contributed by atoms with Crippen molar-refractivity contribution in [2.75, 3.05) is 31.9 Å². The summed E-state index contributed by atoms with van der Waals surface area (Å²) in [5, 5.41) is 3.20. The van der Waals surface area contributed by atoms with Crippen molar-refractivity contribution in [1.29, 1.82) is 0 Å². The maximum absolute atomic E-state index is 12.0. The number of nitrogens with two attached hydrogens (primary N) is 1. The average molecular weight is 209 g/mol. The van der Waals surface area contributed by atoms with E-state index in [2.05, 4.69) is 10.3 Å². The molecule has 2 heterocycles. The molecule has 0 saturated carbocycles. The molecule has 6 nitrogen and oxygen atoms in total. The zero-order valence-corrected chi connectivity index (χ0v) is 8.73. The number of nitrogen functional groups attached to an aromatic ring is 1. The molecule has 1 fully saturated rings. The summed E-state index contributed by atoms with van der Waals surface area (Å²) in [6.07, 6.45) is 1.53.